The number of nitrogens with one attached hydrogen (secondary N) is 1. The molecule has 0 saturated carbocycles. The number of amides is 1. The predicted molar refractivity (Wildman–Crippen MR) is 116 cm³/mol. The number of hydrogen-bond donors (Lipinski definition) is 1. The molecular formula is C20H18Cl2N4OS. The van der Waals surface area contributed by atoms with Crippen molar-refractivity contribution in [3.8, 4) is 11.4 Å². The fourth-order valence-electron chi connectivity index (χ4n) is 2.64. The lowest BCUT2D eigenvalue weighted by atomic mass is 10.1. The normalized spacial score (nSPS) is 10.7. The number of thioether (sulfide) groups is 1. The van der Waals surface area contributed by atoms with Gasteiger partial charge in [-0.2, -0.15) is 0 Å². The number of hydrogen-bond acceptors (Lipinski definition) is 4. The molecule has 0 unspecified atom stereocenters. The quantitative estimate of drug-likeness (QED) is 0.396. The van der Waals surface area contributed by atoms with Gasteiger partial charge in [-0.1, -0.05) is 71.4 Å². The minimum absolute atomic E-state index is 0.143. The Labute approximate surface area is 177 Å². The van der Waals surface area contributed by atoms with Gasteiger partial charge >= 0.3 is 0 Å². The molecule has 0 atom stereocenters. The van der Waals surface area contributed by atoms with Crippen molar-refractivity contribution in [2.24, 2.45) is 0 Å². The number of aryl methyl sites for hydroxylation is 1. The van der Waals surface area contributed by atoms with E-state index in [0.29, 0.717) is 27.4 Å². The van der Waals surface area contributed by atoms with Crippen molar-refractivity contribution in [3.05, 3.63) is 70.7 Å². The highest BCUT2D eigenvalue weighted by molar-refractivity contribution is 7.99. The third-order valence-electron chi connectivity index (χ3n) is 3.97. The number of anilines is 1. The lowest BCUT2D eigenvalue weighted by molar-refractivity contribution is -0.113. The zero-order chi connectivity index (χ0) is 20.1. The molecule has 144 valence electrons. The molecule has 3 rings (SSSR count). The number of benzene rings is 2. The molecule has 3 aromatic rings. The molecule has 0 radical (unpaired) electrons. The molecular weight excluding hydrogens is 415 g/mol. The van der Waals surface area contributed by atoms with Crippen LogP contribution in [0, 0.1) is 6.92 Å². The van der Waals surface area contributed by atoms with Gasteiger partial charge in [0, 0.05) is 12.1 Å². The molecule has 1 amide bonds. The van der Waals surface area contributed by atoms with Crippen LogP contribution < -0.4 is 5.32 Å². The van der Waals surface area contributed by atoms with E-state index in [-0.39, 0.29) is 11.7 Å². The summed E-state index contributed by atoms with van der Waals surface area (Å²) in [6.45, 7) is 6.37. The highest BCUT2D eigenvalue weighted by Gasteiger charge is 2.17. The summed E-state index contributed by atoms with van der Waals surface area (Å²) >= 11 is 13.5. The van der Waals surface area contributed by atoms with Crippen LogP contribution in [0.4, 0.5) is 5.69 Å². The molecule has 0 saturated heterocycles. The van der Waals surface area contributed by atoms with Crippen LogP contribution in [0.5, 0.6) is 0 Å². The van der Waals surface area contributed by atoms with Crippen LogP contribution in [0.15, 0.2) is 60.3 Å². The first-order chi connectivity index (χ1) is 13.5. The molecule has 0 aliphatic heterocycles. The van der Waals surface area contributed by atoms with E-state index in [4.69, 9.17) is 23.2 Å². The van der Waals surface area contributed by atoms with Gasteiger partial charge in [-0.15, -0.1) is 16.8 Å². The summed E-state index contributed by atoms with van der Waals surface area (Å²) in [5.41, 5.74) is 2.50. The smallest absolute Gasteiger partial charge is 0.234 e. The molecule has 0 fully saturated rings. The van der Waals surface area contributed by atoms with E-state index in [0.717, 1.165) is 17.0 Å². The van der Waals surface area contributed by atoms with Crippen molar-refractivity contribution in [2.45, 2.75) is 18.6 Å². The van der Waals surface area contributed by atoms with E-state index in [1.54, 1.807) is 24.3 Å². The van der Waals surface area contributed by atoms with Crippen molar-refractivity contribution in [2.75, 3.05) is 11.1 Å². The topological polar surface area (TPSA) is 59.8 Å². The second kappa shape index (κ2) is 9.28. The molecule has 0 aliphatic rings. The molecule has 0 bridgehead atoms. The van der Waals surface area contributed by atoms with Crippen LogP contribution in [0.3, 0.4) is 0 Å². The lowest BCUT2D eigenvalue weighted by Gasteiger charge is -2.10. The maximum atomic E-state index is 12.4. The molecule has 2 aromatic carbocycles. The van der Waals surface area contributed by atoms with Gasteiger partial charge in [-0.25, -0.2) is 0 Å². The summed E-state index contributed by atoms with van der Waals surface area (Å²) in [6, 6.07) is 13.0. The van der Waals surface area contributed by atoms with Crippen LogP contribution in [-0.2, 0) is 11.3 Å². The Morgan fingerprint density at radius 1 is 1.18 bits per heavy atom. The molecule has 1 heterocycles. The summed E-state index contributed by atoms with van der Waals surface area (Å²) in [5.74, 6) is 0.658. The molecule has 0 aliphatic carbocycles. The van der Waals surface area contributed by atoms with E-state index in [1.807, 2.05) is 35.8 Å². The fraction of sp³-hybridized carbons (Fsp3) is 0.150. The SMILES string of the molecule is C=CCn1c(SCC(=O)Nc2c(Cl)cccc2Cl)nnc1-c1ccccc1C. The number of rotatable bonds is 7. The molecule has 8 heteroatoms. The fourth-order valence-corrected chi connectivity index (χ4v) is 3.87. The Hall–Kier alpha value is -2.28. The van der Waals surface area contributed by atoms with Crippen molar-refractivity contribution in [1.82, 2.24) is 14.8 Å². The maximum absolute atomic E-state index is 12.4. The van der Waals surface area contributed by atoms with Gasteiger partial charge in [0.15, 0.2) is 11.0 Å². The molecule has 28 heavy (non-hydrogen) atoms. The Morgan fingerprint density at radius 3 is 2.57 bits per heavy atom. The highest BCUT2D eigenvalue weighted by atomic mass is 35.5. The number of aromatic nitrogens is 3. The Morgan fingerprint density at radius 2 is 1.89 bits per heavy atom. The second-order valence-electron chi connectivity index (χ2n) is 5.95. The van der Waals surface area contributed by atoms with Gasteiger partial charge in [0.25, 0.3) is 0 Å². The van der Waals surface area contributed by atoms with E-state index < -0.39 is 0 Å². The summed E-state index contributed by atoms with van der Waals surface area (Å²) in [4.78, 5) is 12.4. The van der Waals surface area contributed by atoms with E-state index in [2.05, 4.69) is 22.1 Å². The summed E-state index contributed by atoms with van der Waals surface area (Å²) in [6.07, 6.45) is 1.78. The molecule has 5 nitrogen and oxygen atoms in total. The molecule has 1 N–H and O–H groups in total. The minimum atomic E-state index is -0.231. The average molecular weight is 433 g/mol. The van der Waals surface area contributed by atoms with Crippen LogP contribution in [0.1, 0.15) is 5.56 Å². The van der Waals surface area contributed by atoms with Crippen LogP contribution >= 0.6 is 35.0 Å². The second-order valence-corrected chi connectivity index (χ2v) is 7.71. The Balaban J connectivity index is 1.77. The van der Waals surface area contributed by atoms with Crippen LogP contribution in [0.2, 0.25) is 10.0 Å². The molecule has 0 spiro atoms. The first-order valence-corrected chi connectivity index (χ1v) is 10.2. The zero-order valence-corrected chi connectivity index (χ0v) is 17.5. The molecule has 1 aromatic heterocycles. The Kier molecular flexibility index (Phi) is 6.78. The van der Waals surface area contributed by atoms with Gasteiger partial charge in [-0.3, -0.25) is 9.36 Å². The average Bonchev–Trinajstić information content (AvgIpc) is 3.06. The van der Waals surface area contributed by atoms with Crippen molar-refractivity contribution >= 4 is 46.6 Å². The van der Waals surface area contributed by atoms with Gasteiger partial charge in [-0.05, 0) is 24.6 Å². The highest BCUT2D eigenvalue weighted by Crippen LogP contribution is 2.30. The standard InChI is InChI=1S/C20H18Cl2N4OS/c1-3-11-26-19(14-8-5-4-7-13(14)2)24-25-20(26)28-12-17(27)23-18-15(21)9-6-10-16(18)22/h3-10H,1,11-12H2,2H3,(H,23,27). The number of nitrogens with zero attached hydrogens (tertiary/aromatic N) is 3. The number of para-hydroxylation sites is 1. The number of halogens is 2. The summed E-state index contributed by atoms with van der Waals surface area (Å²) < 4.78 is 1.94. The van der Waals surface area contributed by atoms with Gasteiger partial charge < -0.3 is 5.32 Å². The maximum Gasteiger partial charge on any atom is 0.234 e. The summed E-state index contributed by atoms with van der Waals surface area (Å²) in [5, 5.41) is 12.8. The van der Waals surface area contributed by atoms with Crippen molar-refractivity contribution < 1.29 is 4.79 Å². The minimum Gasteiger partial charge on any atom is -0.323 e. The van der Waals surface area contributed by atoms with E-state index in [1.165, 1.54) is 11.8 Å². The number of carbonyl (C=O) groups excluding carboxylic acids is 1. The van der Waals surface area contributed by atoms with Gasteiger partial charge in [0.1, 0.15) is 0 Å². The number of carbonyl (C=O) groups is 1. The van der Waals surface area contributed by atoms with Gasteiger partial charge in [0.2, 0.25) is 5.91 Å². The first kappa shape index (κ1) is 20.5. The summed E-state index contributed by atoms with van der Waals surface area (Å²) in [7, 11) is 0. The number of allylic oxidation sites excluding steroid dienone is 1. The van der Waals surface area contributed by atoms with Crippen LogP contribution in [0.25, 0.3) is 11.4 Å². The third kappa shape index (κ3) is 4.58. The largest absolute Gasteiger partial charge is 0.323 e. The van der Waals surface area contributed by atoms with E-state index in [9.17, 15) is 4.79 Å². The monoisotopic (exact) mass is 432 g/mol. The van der Waals surface area contributed by atoms with Crippen LogP contribution in [-0.4, -0.2) is 26.4 Å². The zero-order valence-electron chi connectivity index (χ0n) is 15.2. The lowest BCUT2D eigenvalue weighted by Crippen LogP contribution is -2.15. The van der Waals surface area contributed by atoms with E-state index >= 15 is 0 Å². The van der Waals surface area contributed by atoms with Crippen molar-refractivity contribution in [1.29, 1.82) is 0 Å². The van der Waals surface area contributed by atoms with Crippen molar-refractivity contribution in [3.63, 3.8) is 0 Å². The Bertz CT molecular complexity index is 999. The van der Waals surface area contributed by atoms with Gasteiger partial charge in [0.05, 0.1) is 21.5 Å². The predicted octanol–water partition coefficient (Wildman–Crippen LogP) is 5.48. The third-order valence-corrected chi connectivity index (χ3v) is 5.57. The first-order valence-electron chi connectivity index (χ1n) is 8.48.